The van der Waals surface area contributed by atoms with E-state index in [-0.39, 0.29) is 22.9 Å². The Morgan fingerprint density at radius 2 is 1.61 bits per heavy atom. The molecule has 3 heterocycles. The third kappa shape index (κ3) is 4.72. The lowest BCUT2D eigenvalue weighted by Gasteiger charge is -2.31. The number of amides is 1. The first-order chi connectivity index (χ1) is 18.5. The molecule has 38 heavy (non-hydrogen) atoms. The highest BCUT2D eigenvalue weighted by Crippen LogP contribution is 2.27. The van der Waals surface area contributed by atoms with E-state index in [1.54, 1.807) is 4.68 Å². The van der Waals surface area contributed by atoms with Gasteiger partial charge in [-0.2, -0.15) is 0 Å². The molecule has 0 unspecified atom stereocenters. The Morgan fingerprint density at radius 1 is 0.921 bits per heavy atom. The standard InChI is InChI=1S/C30H28N6O2/c1-20-7-9-21(10-8-20)19-36-28-26(33-34-36)29(37)32-27(31-28)24-15-17-35(18-16-24)30(38)25-13-11-23(12-14-25)22-5-3-2-4-6-22/h2-14,24H,15-19H2,1H3,(H,31,32,37). The molecule has 0 spiro atoms. The zero-order valence-electron chi connectivity index (χ0n) is 21.2. The SMILES string of the molecule is Cc1ccc(Cn2nnc3c(=O)[nH]c(C4CCN(C(=O)c5ccc(-c6ccccc6)cc5)CC4)nc32)cc1. The fourth-order valence-corrected chi connectivity index (χ4v) is 5.02. The lowest BCUT2D eigenvalue weighted by atomic mass is 9.95. The van der Waals surface area contributed by atoms with E-state index in [9.17, 15) is 9.59 Å². The molecule has 1 aliphatic heterocycles. The molecule has 1 fully saturated rings. The first kappa shape index (κ1) is 23.8. The Balaban J connectivity index is 1.15. The number of aryl methyl sites for hydroxylation is 1. The van der Waals surface area contributed by atoms with E-state index in [1.165, 1.54) is 5.56 Å². The lowest BCUT2D eigenvalue weighted by Crippen LogP contribution is -2.38. The molecule has 0 radical (unpaired) electrons. The van der Waals surface area contributed by atoms with Crippen LogP contribution in [0.1, 0.15) is 46.1 Å². The number of carbonyl (C=O) groups excluding carboxylic acids is 1. The van der Waals surface area contributed by atoms with E-state index in [4.69, 9.17) is 4.98 Å². The molecule has 1 amide bonds. The van der Waals surface area contributed by atoms with Crippen LogP contribution >= 0.6 is 0 Å². The summed E-state index contributed by atoms with van der Waals surface area (Å²) in [6.45, 7) is 3.74. The Hall–Kier alpha value is -4.59. The summed E-state index contributed by atoms with van der Waals surface area (Å²) in [5.74, 6) is 0.717. The van der Waals surface area contributed by atoms with Gasteiger partial charge in [0.2, 0.25) is 0 Å². The largest absolute Gasteiger partial charge is 0.339 e. The fourth-order valence-electron chi connectivity index (χ4n) is 5.02. The average molecular weight is 505 g/mol. The number of benzene rings is 3. The van der Waals surface area contributed by atoms with Gasteiger partial charge in [-0.05, 0) is 48.6 Å². The number of hydrogen-bond acceptors (Lipinski definition) is 5. The minimum Gasteiger partial charge on any atom is -0.339 e. The molecule has 190 valence electrons. The molecule has 1 saturated heterocycles. The zero-order valence-corrected chi connectivity index (χ0v) is 21.2. The number of aromatic amines is 1. The van der Waals surface area contributed by atoms with Crippen molar-refractivity contribution in [1.82, 2.24) is 29.9 Å². The number of aromatic nitrogens is 5. The highest BCUT2D eigenvalue weighted by molar-refractivity contribution is 5.94. The van der Waals surface area contributed by atoms with Crippen molar-refractivity contribution in [3.8, 4) is 11.1 Å². The van der Waals surface area contributed by atoms with Crippen LogP contribution in [0.3, 0.4) is 0 Å². The Bertz CT molecular complexity index is 1630. The fraction of sp³-hybridized carbons (Fsp3) is 0.233. The van der Waals surface area contributed by atoms with E-state index in [1.807, 2.05) is 78.6 Å². The highest BCUT2D eigenvalue weighted by Gasteiger charge is 2.27. The zero-order chi connectivity index (χ0) is 26.1. The minimum atomic E-state index is -0.280. The number of nitrogens with one attached hydrogen (secondary N) is 1. The molecule has 8 nitrogen and oxygen atoms in total. The van der Waals surface area contributed by atoms with Gasteiger partial charge in [0, 0.05) is 24.6 Å². The van der Waals surface area contributed by atoms with Gasteiger partial charge in [0.05, 0.1) is 6.54 Å². The maximum atomic E-state index is 13.2. The normalized spacial score (nSPS) is 14.2. The van der Waals surface area contributed by atoms with Crippen molar-refractivity contribution >= 4 is 17.1 Å². The van der Waals surface area contributed by atoms with E-state index >= 15 is 0 Å². The molecule has 0 bridgehead atoms. The van der Waals surface area contributed by atoms with Crippen LogP contribution in [0.15, 0.2) is 83.7 Å². The molecule has 1 aliphatic rings. The Kier molecular flexibility index (Phi) is 6.29. The topological polar surface area (TPSA) is 96.8 Å². The van der Waals surface area contributed by atoms with E-state index < -0.39 is 0 Å². The van der Waals surface area contributed by atoms with E-state index in [0.29, 0.717) is 36.7 Å². The van der Waals surface area contributed by atoms with Crippen LogP contribution in [-0.4, -0.2) is 48.9 Å². The number of likely N-dealkylation sites (tertiary alicyclic amines) is 1. The monoisotopic (exact) mass is 504 g/mol. The second kappa shape index (κ2) is 10.0. The summed E-state index contributed by atoms with van der Waals surface area (Å²) >= 11 is 0. The molecule has 1 N–H and O–H groups in total. The number of rotatable bonds is 5. The van der Waals surface area contributed by atoms with Crippen LogP contribution < -0.4 is 5.56 Å². The molecule has 0 saturated carbocycles. The number of hydrogen-bond donors (Lipinski definition) is 1. The van der Waals surface area contributed by atoms with Crippen LogP contribution in [0.4, 0.5) is 0 Å². The Morgan fingerprint density at radius 3 is 2.32 bits per heavy atom. The molecule has 8 heteroatoms. The van der Waals surface area contributed by atoms with Crippen LogP contribution in [0.5, 0.6) is 0 Å². The smallest absolute Gasteiger partial charge is 0.281 e. The summed E-state index contributed by atoms with van der Waals surface area (Å²) < 4.78 is 1.68. The van der Waals surface area contributed by atoms with Crippen LogP contribution in [0.25, 0.3) is 22.3 Å². The third-order valence-electron chi connectivity index (χ3n) is 7.25. The second-order valence-electron chi connectivity index (χ2n) is 9.87. The maximum Gasteiger partial charge on any atom is 0.281 e. The van der Waals surface area contributed by atoms with Gasteiger partial charge in [0.1, 0.15) is 5.82 Å². The highest BCUT2D eigenvalue weighted by atomic mass is 16.2. The first-order valence-electron chi connectivity index (χ1n) is 12.9. The number of carbonyl (C=O) groups is 1. The predicted octanol–water partition coefficient (Wildman–Crippen LogP) is 4.56. The number of H-pyrrole nitrogens is 1. The molecule has 2 aromatic heterocycles. The molecular weight excluding hydrogens is 476 g/mol. The quantitative estimate of drug-likeness (QED) is 0.379. The van der Waals surface area contributed by atoms with Crippen molar-refractivity contribution in [1.29, 1.82) is 0 Å². The van der Waals surface area contributed by atoms with Gasteiger partial charge in [0.15, 0.2) is 11.2 Å². The van der Waals surface area contributed by atoms with Gasteiger partial charge in [-0.15, -0.1) is 5.10 Å². The third-order valence-corrected chi connectivity index (χ3v) is 7.25. The lowest BCUT2D eigenvalue weighted by molar-refractivity contribution is 0.0711. The van der Waals surface area contributed by atoms with Gasteiger partial charge in [-0.1, -0.05) is 77.5 Å². The summed E-state index contributed by atoms with van der Waals surface area (Å²) in [4.78, 5) is 35.5. The van der Waals surface area contributed by atoms with Gasteiger partial charge in [-0.25, -0.2) is 9.67 Å². The van der Waals surface area contributed by atoms with E-state index in [0.717, 1.165) is 29.5 Å². The van der Waals surface area contributed by atoms with Crippen molar-refractivity contribution in [3.63, 3.8) is 0 Å². The summed E-state index contributed by atoms with van der Waals surface area (Å²) in [5.41, 5.74) is 5.59. The maximum absolute atomic E-state index is 13.2. The first-order valence-corrected chi connectivity index (χ1v) is 12.9. The average Bonchev–Trinajstić information content (AvgIpc) is 3.37. The number of fused-ring (bicyclic) bond motifs is 1. The molecule has 0 atom stereocenters. The van der Waals surface area contributed by atoms with Gasteiger partial charge < -0.3 is 9.88 Å². The molecule has 6 rings (SSSR count). The predicted molar refractivity (Wildman–Crippen MR) is 146 cm³/mol. The summed E-state index contributed by atoms with van der Waals surface area (Å²) in [6.07, 6.45) is 1.45. The van der Waals surface area contributed by atoms with Crippen molar-refractivity contribution in [3.05, 3.63) is 112 Å². The molecule has 5 aromatic rings. The summed E-state index contributed by atoms with van der Waals surface area (Å²) in [6, 6.07) is 26.1. The summed E-state index contributed by atoms with van der Waals surface area (Å²) in [7, 11) is 0. The van der Waals surface area contributed by atoms with Crippen molar-refractivity contribution in [2.75, 3.05) is 13.1 Å². The van der Waals surface area contributed by atoms with Gasteiger partial charge in [-0.3, -0.25) is 9.59 Å². The molecule has 0 aliphatic carbocycles. The summed E-state index contributed by atoms with van der Waals surface area (Å²) in [5, 5.41) is 8.25. The Labute approximate surface area is 220 Å². The number of piperidine rings is 1. The van der Waals surface area contributed by atoms with Gasteiger partial charge >= 0.3 is 0 Å². The second-order valence-corrected chi connectivity index (χ2v) is 9.87. The van der Waals surface area contributed by atoms with E-state index in [2.05, 4.69) is 27.4 Å². The van der Waals surface area contributed by atoms with Crippen LogP contribution in [0, 0.1) is 6.92 Å². The van der Waals surface area contributed by atoms with Gasteiger partial charge in [0.25, 0.3) is 11.5 Å². The molecular formula is C30H28N6O2. The molecule has 3 aromatic carbocycles. The van der Waals surface area contributed by atoms with Crippen molar-refractivity contribution in [2.24, 2.45) is 0 Å². The van der Waals surface area contributed by atoms with Crippen molar-refractivity contribution < 1.29 is 4.79 Å². The van der Waals surface area contributed by atoms with Crippen LogP contribution in [0.2, 0.25) is 0 Å². The van der Waals surface area contributed by atoms with Crippen molar-refractivity contribution in [2.45, 2.75) is 32.2 Å². The van der Waals surface area contributed by atoms with Crippen LogP contribution in [-0.2, 0) is 6.54 Å². The number of nitrogens with zero attached hydrogens (tertiary/aromatic N) is 5. The minimum absolute atomic E-state index is 0.0281.